The zero-order chi connectivity index (χ0) is 16.9. The van der Waals surface area contributed by atoms with Gasteiger partial charge in [-0.05, 0) is 50.1 Å². The van der Waals surface area contributed by atoms with Crippen LogP contribution in [0, 0.1) is 0 Å². The van der Waals surface area contributed by atoms with Crippen LogP contribution < -0.4 is 10.2 Å². The molecule has 1 N–H and O–H groups in total. The molecule has 0 amide bonds. The molecule has 0 saturated carbocycles. The van der Waals surface area contributed by atoms with E-state index in [0.29, 0.717) is 6.04 Å². The first kappa shape index (κ1) is 17.7. The van der Waals surface area contributed by atoms with Gasteiger partial charge in [0.2, 0.25) is 0 Å². The highest BCUT2D eigenvalue weighted by Crippen LogP contribution is 2.31. The van der Waals surface area contributed by atoms with E-state index in [9.17, 15) is 0 Å². The van der Waals surface area contributed by atoms with Crippen molar-refractivity contribution in [1.29, 1.82) is 0 Å². The summed E-state index contributed by atoms with van der Waals surface area (Å²) in [5.41, 5.74) is 4.41. The highest BCUT2D eigenvalue weighted by atomic mass is 15.3. The van der Waals surface area contributed by atoms with Crippen LogP contribution >= 0.6 is 0 Å². The lowest BCUT2D eigenvalue weighted by Gasteiger charge is -2.42. The molecule has 1 fully saturated rings. The Morgan fingerprint density at radius 3 is 2.50 bits per heavy atom. The molecule has 1 aromatic rings. The average Bonchev–Trinajstić information content (AvgIpc) is 2.63. The molecule has 3 rings (SSSR count). The molecule has 0 radical (unpaired) electrons. The van der Waals surface area contributed by atoms with Crippen LogP contribution in [0.15, 0.2) is 18.2 Å². The molecule has 1 saturated heterocycles. The van der Waals surface area contributed by atoms with Crippen molar-refractivity contribution in [1.82, 2.24) is 15.1 Å². The standard InChI is InChI=1S/C20H34N4/c1-4-9-22-10-12-24(13-11-22)20-16-21-15-17-14-18(7-8-19(17)20)23(5-2)6-3/h7-8,14,20-21H,4-6,9-13,15-16H2,1-3H3/t20-/m0/s1. The summed E-state index contributed by atoms with van der Waals surface area (Å²) in [6.07, 6.45) is 1.27. The third-order valence-electron chi connectivity index (χ3n) is 5.65. The second kappa shape index (κ2) is 8.32. The third-order valence-corrected chi connectivity index (χ3v) is 5.65. The maximum Gasteiger partial charge on any atom is 0.0477 e. The summed E-state index contributed by atoms with van der Waals surface area (Å²) in [7, 11) is 0. The summed E-state index contributed by atoms with van der Waals surface area (Å²) < 4.78 is 0. The zero-order valence-electron chi connectivity index (χ0n) is 15.7. The molecule has 0 unspecified atom stereocenters. The van der Waals surface area contributed by atoms with Crippen molar-refractivity contribution in [2.24, 2.45) is 0 Å². The van der Waals surface area contributed by atoms with Crippen molar-refractivity contribution in [2.75, 3.05) is 57.3 Å². The SMILES string of the molecule is CCCN1CCN([C@H]2CNCc3cc(N(CC)CC)ccc32)CC1. The molecule has 0 aliphatic carbocycles. The van der Waals surface area contributed by atoms with Gasteiger partial charge in [-0.1, -0.05) is 13.0 Å². The van der Waals surface area contributed by atoms with Crippen molar-refractivity contribution in [2.45, 2.75) is 39.8 Å². The van der Waals surface area contributed by atoms with Crippen molar-refractivity contribution in [3.63, 3.8) is 0 Å². The van der Waals surface area contributed by atoms with E-state index in [1.165, 1.54) is 50.4 Å². The highest BCUT2D eigenvalue weighted by Gasteiger charge is 2.28. The van der Waals surface area contributed by atoms with E-state index in [1.54, 1.807) is 5.56 Å². The van der Waals surface area contributed by atoms with Gasteiger partial charge in [0.25, 0.3) is 0 Å². The predicted octanol–water partition coefficient (Wildman–Crippen LogP) is 2.70. The first-order valence-electron chi connectivity index (χ1n) is 9.81. The second-order valence-electron chi connectivity index (χ2n) is 7.08. The number of nitrogens with one attached hydrogen (secondary N) is 1. The zero-order valence-corrected chi connectivity index (χ0v) is 15.7. The van der Waals surface area contributed by atoms with Crippen LogP contribution in [-0.2, 0) is 6.54 Å². The van der Waals surface area contributed by atoms with E-state index in [0.717, 1.165) is 26.2 Å². The minimum absolute atomic E-state index is 0.545. The molecular formula is C20H34N4. The van der Waals surface area contributed by atoms with Gasteiger partial charge in [0, 0.05) is 64.1 Å². The van der Waals surface area contributed by atoms with Crippen molar-refractivity contribution < 1.29 is 0 Å². The number of benzene rings is 1. The lowest BCUT2D eigenvalue weighted by molar-refractivity contribution is 0.0918. The Morgan fingerprint density at radius 1 is 1.08 bits per heavy atom. The Bertz CT molecular complexity index is 518. The number of nitrogens with zero attached hydrogens (tertiary/aromatic N) is 3. The van der Waals surface area contributed by atoms with Crippen molar-refractivity contribution >= 4 is 5.69 Å². The van der Waals surface area contributed by atoms with Crippen molar-refractivity contribution in [3.8, 4) is 0 Å². The molecule has 2 heterocycles. The second-order valence-corrected chi connectivity index (χ2v) is 7.08. The minimum atomic E-state index is 0.545. The summed E-state index contributed by atoms with van der Waals surface area (Å²) in [5.74, 6) is 0. The Labute approximate surface area is 147 Å². The molecule has 2 aliphatic rings. The molecule has 4 heteroatoms. The fourth-order valence-corrected chi connectivity index (χ4v) is 4.25. The van der Waals surface area contributed by atoms with Gasteiger partial charge in [0.15, 0.2) is 0 Å². The molecule has 1 aromatic carbocycles. The van der Waals surface area contributed by atoms with Crippen molar-refractivity contribution in [3.05, 3.63) is 29.3 Å². The van der Waals surface area contributed by atoms with Gasteiger partial charge in [0.05, 0.1) is 0 Å². The minimum Gasteiger partial charge on any atom is -0.372 e. The number of piperazine rings is 1. The number of hydrogen-bond acceptors (Lipinski definition) is 4. The predicted molar refractivity (Wildman–Crippen MR) is 103 cm³/mol. The molecule has 134 valence electrons. The maximum atomic E-state index is 3.65. The van der Waals surface area contributed by atoms with E-state index < -0.39 is 0 Å². The van der Waals surface area contributed by atoms with Gasteiger partial charge in [-0.3, -0.25) is 4.90 Å². The fourth-order valence-electron chi connectivity index (χ4n) is 4.25. The van der Waals surface area contributed by atoms with E-state index in [-0.39, 0.29) is 0 Å². The Balaban J connectivity index is 1.73. The van der Waals surface area contributed by atoms with E-state index in [2.05, 4.69) is 59.0 Å². The normalized spacial score (nSPS) is 22.4. The van der Waals surface area contributed by atoms with Gasteiger partial charge in [-0.25, -0.2) is 0 Å². The highest BCUT2D eigenvalue weighted by molar-refractivity contribution is 5.52. The Morgan fingerprint density at radius 2 is 1.83 bits per heavy atom. The summed E-state index contributed by atoms with van der Waals surface area (Å²) in [6, 6.07) is 7.68. The quantitative estimate of drug-likeness (QED) is 0.866. The topological polar surface area (TPSA) is 21.8 Å². The molecule has 0 bridgehead atoms. The van der Waals surface area contributed by atoms with Crippen LogP contribution in [-0.4, -0.2) is 62.2 Å². The number of anilines is 1. The van der Waals surface area contributed by atoms with Gasteiger partial charge in [-0.15, -0.1) is 0 Å². The van der Waals surface area contributed by atoms with Crippen LogP contribution in [0.1, 0.15) is 44.4 Å². The fraction of sp³-hybridized carbons (Fsp3) is 0.700. The average molecular weight is 331 g/mol. The van der Waals surface area contributed by atoms with Gasteiger partial charge in [-0.2, -0.15) is 0 Å². The van der Waals surface area contributed by atoms with Crippen LogP contribution in [0.5, 0.6) is 0 Å². The number of fused-ring (bicyclic) bond motifs is 1. The van der Waals surface area contributed by atoms with Crippen LogP contribution in [0.25, 0.3) is 0 Å². The largest absolute Gasteiger partial charge is 0.372 e. The summed E-state index contributed by atoms with van der Waals surface area (Å²) >= 11 is 0. The van der Waals surface area contributed by atoms with Crippen LogP contribution in [0.3, 0.4) is 0 Å². The lowest BCUT2D eigenvalue weighted by Crippen LogP contribution is -2.50. The summed E-state index contributed by atoms with van der Waals surface area (Å²) in [5, 5.41) is 3.65. The molecule has 24 heavy (non-hydrogen) atoms. The first-order valence-corrected chi connectivity index (χ1v) is 9.81. The Kier molecular flexibility index (Phi) is 6.14. The summed E-state index contributed by atoms with van der Waals surface area (Å²) in [4.78, 5) is 7.73. The monoisotopic (exact) mass is 330 g/mol. The smallest absolute Gasteiger partial charge is 0.0477 e. The summed E-state index contributed by atoms with van der Waals surface area (Å²) in [6.45, 7) is 17.1. The molecule has 0 spiro atoms. The number of hydrogen-bond donors (Lipinski definition) is 1. The van der Waals surface area contributed by atoms with Gasteiger partial charge in [0.1, 0.15) is 0 Å². The number of rotatable bonds is 6. The van der Waals surface area contributed by atoms with E-state index >= 15 is 0 Å². The Hall–Kier alpha value is -1.10. The van der Waals surface area contributed by atoms with Crippen LogP contribution in [0.2, 0.25) is 0 Å². The van der Waals surface area contributed by atoms with E-state index in [1.807, 2.05) is 0 Å². The molecule has 1 atom stereocenters. The van der Waals surface area contributed by atoms with Crippen LogP contribution in [0.4, 0.5) is 5.69 Å². The first-order chi connectivity index (χ1) is 11.8. The maximum absolute atomic E-state index is 3.65. The van der Waals surface area contributed by atoms with Gasteiger partial charge >= 0.3 is 0 Å². The molecular weight excluding hydrogens is 296 g/mol. The van der Waals surface area contributed by atoms with E-state index in [4.69, 9.17) is 0 Å². The lowest BCUT2D eigenvalue weighted by atomic mass is 9.94. The van der Waals surface area contributed by atoms with Gasteiger partial charge < -0.3 is 15.1 Å². The molecule has 4 nitrogen and oxygen atoms in total. The third kappa shape index (κ3) is 3.76. The molecule has 0 aromatic heterocycles. The molecule has 2 aliphatic heterocycles.